The number of nitrogens with zero attached hydrogens (tertiary/aromatic N) is 5. The van der Waals surface area contributed by atoms with Crippen LogP contribution in [-0.4, -0.2) is 48.3 Å². The smallest absolute Gasteiger partial charge is 0.332 e. The summed E-state index contributed by atoms with van der Waals surface area (Å²) in [4.78, 5) is 30.8. The zero-order chi connectivity index (χ0) is 19.7. The Kier molecular flexibility index (Phi) is 5.29. The number of aliphatic hydroxyl groups excluding tert-OH is 1. The van der Waals surface area contributed by atoms with Crippen LogP contribution < -0.4 is 11.2 Å². The number of likely N-dealkylation sites (N-methyl/N-ethyl adjacent to an activating group) is 1. The average Bonchev–Trinajstić information content (AvgIpc) is 3.12. The highest BCUT2D eigenvalue weighted by atomic mass is 16.3. The Morgan fingerprint density at radius 3 is 2.48 bits per heavy atom. The fourth-order valence-corrected chi connectivity index (χ4v) is 3.21. The van der Waals surface area contributed by atoms with Crippen molar-refractivity contribution < 1.29 is 5.11 Å². The van der Waals surface area contributed by atoms with E-state index in [-0.39, 0.29) is 11.6 Å². The van der Waals surface area contributed by atoms with Gasteiger partial charge in [-0.25, -0.2) is 9.78 Å². The van der Waals surface area contributed by atoms with Crippen molar-refractivity contribution in [2.75, 3.05) is 13.6 Å². The van der Waals surface area contributed by atoms with Gasteiger partial charge >= 0.3 is 5.69 Å². The first-order valence-corrected chi connectivity index (χ1v) is 8.87. The summed E-state index contributed by atoms with van der Waals surface area (Å²) in [6.07, 6.45) is 0.974. The van der Waals surface area contributed by atoms with Crippen molar-refractivity contribution >= 4 is 11.2 Å². The highest BCUT2D eigenvalue weighted by Crippen LogP contribution is 2.19. The lowest BCUT2D eigenvalue weighted by atomic mass is 10.0. The molecule has 2 heterocycles. The van der Waals surface area contributed by atoms with Crippen LogP contribution in [0.4, 0.5) is 0 Å². The van der Waals surface area contributed by atoms with E-state index in [9.17, 15) is 14.7 Å². The Morgan fingerprint density at radius 2 is 1.81 bits per heavy atom. The number of benzene rings is 1. The lowest BCUT2D eigenvalue weighted by molar-refractivity contribution is 0.0710. The van der Waals surface area contributed by atoms with Gasteiger partial charge < -0.3 is 9.67 Å². The van der Waals surface area contributed by atoms with E-state index >= 15 is 0 Å². The van der Waals surface area contributed by atoms with Crippen LogP contribution in [0.5, 0.6) is 0 Å². The lowest BCUT2D eigenvalue weighted by Crippen LogP contribution is -2.38. The molecule has 0 bridgehead atoms. The van der Waals surface area contributed by atoms with Crippen LogP contribution in [-0.2, 0) is 20.6 Å². The van der Waals surface area contributed by atoms with Gasteiger partial charge in [0.15, 0.2) is 11.2 Å². The molecule has 8 nitrogen and oxygen atoms in total. The van der Waals surface area contributed by atoms with Crippen LogP contribution in [0, 0.1) is 0 Å². The maximum atomic E-state index is 12.5. The number of fused-ring (bicyclic) bond motifs is 1. The van der Waals surface area contributed by atoms with E-state index in [4.69, 9.17) is 0 Å². The summed E-state index contributed by atoms with van der Waals surface area (Å²) < 4.78 is 4.22. The van der Waals surface area contributed by atoms with E-state index in [0.29, 0.717) is 24.3 Å². The van der Waals surface area contributed by atoms with E-state index in [1.165, 1.54) is 11.6 Å². The molecule has 3 rings (SSSR count). The molecule has 0 amide bonds. The maximum Gasteiger partial charge on any atom is 0.332 e. The van der Waals surface area contributed by atoms with Crippen LogP contribution in [0.25, 0.3) is 11.2 Å². The highest BCUT2D eigenvalue weighted by molar-refractivity contribution is 5.69. The molecule has 0 unspecified atom stereocenters. The maximum absolute atomic E-state index is 12.5. The van der Waals surface area contributed by atoms with E-state index in [2.05, 4.69) is 4.98 Å². The van der Waals surface area contributed by atoms with Gasteiger partial charge in [0.1, 0.15) is 0 Å². The van der Waals surface area contributed by atoms with E-state index in [1.54, 1.807) is 17.9 Å². The van der Waals surface area contributed by atoms with Crippen molar-refractivity contribution in [1.29, 1.82) is 0 Å². The first-order chi connectivity index (χ1) is 12.8. The average molecular weight is 371 g/mol. The van der Waals surface area contributed by atoms with Gasteiger partial charge in [0.25, 0.3) is 5.56 Å². The van der Waals surface area contributed by atoms with Crippen LogP contribution in [0.1, 0.15) is 18.6 Å². The zero-order valence-electron chi connectivity index (χ0n) is 16.0. The van der Waals surface area contributed by atoms with Crippen molar-refractivity contribution in [1.82, 2.24) is 23.6 Å². The van der Waals surface area contributed by atoms with Gasteiger partial charge in [-0.15, -0.1) is 0 Å². The van der Waals surface area contributed by atoms with Gasteiger partial charge in [-0.2, -0.15) is 0 Å². The first kappa shape index (κ1) is 19.1. The topological polar surface area (TPSA) is 85.3 Å². The summed E-state index contributed by atoms with van der Waals surface area (Å²) in [7, 11) is 5.00. The molecule has 0 radical (unpaired) electrons. The minimum absolute atomic E-state index is 0.102. The Labute approximate surface area is 156 Å². The number of hydrogen-bond acceptors (Lipinski definition) is 5. The van der Waals surface area contributed by atoms with Crippen molar-refractivity contribution in [3.63, 3.8) is 0 Å². The Hall–Kier alpha value is -2.71. The second-order valence-corrected chi connectivity index (χ2v) is 6.89. The van der Waals surface area contributed by atoms with Crippen molar-refractivity contribution in [2.24, 2.45) is 14.1 Å². The number of imidazole rings is 1. The lowest BCUT2D eigenvalue weighted by Gasteiger charge is -2.29. The Balaban J connectivity index is 1.79. The third-order valence-corrected chi connectivity index (χ3v) is 5.20. The molecule has 0 aliphatic carbocycles. The van der Waals surface area contributed by atoms with Crippen LogP contribution >= 0.6 is 0 Å². The SMILES string of the molecule is C[C@@H]([C@@H](O)c1ccccc1)N(C)CCn1cnc2c1c(=O)n(C)c(=O)n2C. The van der Waals surface area contributed by atoms with Gasteiger partial charge in [-0.3, -0.25) is 18.8 Å². The largest absolute Gasteiger partial charge is 0.387 e. The predicted molar refractivity (Wildman–Crippen MR) is 104 cm³/mol. The summed E-state index contributed by atoms with van der Waals surface area (Å²) in [6.45, 7) is 3.10. The summed E-state index contributed by atoms with van der Waals surface area (Å²) in [5.41, 5.74) is 0.904. The molecule has 1 N–H and O–H groups in total. The van der Waals surface area contributed by atoms with Crippen LogP contribution in [0.3, 0.4) is 0 Å². The summed E-state index contributed by atoms with van der Waals surface area (Å²) in [5, 5.41) is 10.6. The highest BCUT2D eigenvalue weighted by Gasteiger charge is 2.21. The summed E-state index contributed by atoms with van der Waals surface area (Å²) in [5.74, 6) is 0. The molecule has 1 aromatic carbocycles. The van der Waals surface area contributed by atoms with E-state index in [0.717, 1.165) is 10.1 Å². The standard InChI is InChI=1S/C19H25N5O3/c1-13(16(25)14-8-6-5-7-9-14)21(2)10-11-24-12-20-17-15(24)18(26)23(4)19(27)22(17)3/h5-9,12-13,16,25H,10-11H2,1-4H3/t13-,16+/m0/s1. The van der Waals surface area contributed by atoms with Crippen molar-refractivity contribution in [3.8, 4) is 0 Å². The monoisotopic (exact) mass is 371 g/mol. The molecule has 27 heavy (non-hydrogen) atoms. The van der Waals surface area contributed by atoms with Crippen LogP contribution in [0.15, 0.2) is 46.2 Å². The predicted octanol–water partition coefficient (Wildman–Crippen LogP) is 0.488. The summed E-state index contributed by atoms with van der Waals surface area (Å²) >= 11 is 0. The Bertz CT molecular complexity index is 1050. The number of aromatic nitrogens is 4. The van der Waals surface area contributed by atoms with E-state index < -0.39 is 11.8 Å². The normalized spacial score (nSPS) is 14.0. The number of aliphatic hydroxyl groups is 1. The van der Waals surface area contributed by atoms with Gasteiger partial charge in [0.05, 0.1) is 12.4 Å². The second kappa shape index (κ2) is 7.50. The third-order valence-electron chi connectivity index (χ3n) is 5.20. The molecule has 2 atom stereocenters. The minimum atomic E-state index is -0.607. The molecule has 0 spiro atoms. The van der Waals surface area contributed by atoms with Crippen LogP contribution in [0.2, 0.25) is 0 Å². The van der Waals surface area contributed by atoms with Gasteiger partial charge in [-0.05, 0) is 19.5 Å². The molecule has 8 heteroatoms. The van der Waals surface area contributed by atoms with Crippen molar-refractivity contribution in [3.05, 3.63) is 63.1 Å². The molecular formula is C19H25N5O3. The number of aryl methyl sites for hydroxylation is 1. The fourth-order valence-electron chi connectivity index (χ4n) is 3.21. The molecule has 2 aromatic heterocycles. The quantitative estimate of drug-likeness (QED) is 0.682. The molecular weight excluding hydrogens is 346 g/mol. The molecule has 0 saturated carbocycles. The minimum Gasteiger partial charge on any atom is -0.387 e. The van der Waals surface area contributed by atoms with Crippen molar-refractivity contribution in [2.45, 2.75) is 25.6 Å². The molecule has 144 valence electrons. The van der Waals surface area contributed by atoms with Gasteiger partial charge in [-0.1, -0.05) is 30.3 Å². The number of hydrogen-bond donors (Lipinski definition) is 1. The first-order valence-electron chi connectivity index (χ1n) is 8.87. The van der Waals surface area contributed by atoms with E-state index in [1.807, 2.05) is 49.2 Å². The Morgan fingerprint density at radius 1 is 1.15 bits per heavy atom. The fraction of sp³-hybridized carbons (Fsp3) is 0.421. The summed E-state index contributed by atoms with van der Waals surface area (Å²) in [6, 6.07) is 9.44. The molecule has 0 aliphatic rings. The molecule has 0 saturated heterocycles. The second-order valence-electron chi connectivity index (χ2n) is 6.89. The molecule has 3 aromatic rings. The molecule has 0 fully saturated rings. The third kappa shape index (κ3) is 3.45. The van der Waals surface area contributed by atoms with Gasteiger partial charge in [0, 0.05) is 33.2 Å². The van der Waals surface area contributed by atoms with Gasteiger partial charge in [0.2, 0.25) is 0 Å². The zero-order valence-corrected chi connectivity index (χ0v) is 16.0. The molecule has 0 aliphatic heterocycles. The number of rotatable bonds is 6.